The average Bonchev–Trinajstić information content (AvgIpc) is 3.70. The normalized spacial score (nSPS) is 16.4. The maximum absolute atomic E-state index is 14.6. The second-order valence-corrected chi connectivity index (χ2v) is 8.57. The Bertz CT molecular complexity index is 1280. The smallest absolute Gasteiger partial charge is 0.290 e. The molecule has 2 saturated carbocycles. The van der Waals surface area contributed by atoms with Crippen LogP contribution in [0.4, 0.5) is 10.2 Å². The van der Waals surface area contributed by atoms with E-state index in [1.807, 2.05) is 12.1 Å². The van der Waals surface area contributed by atoms with Crippen molar-refractivity contribution >= 4 is 11.7 Å². The summed E-state index contributed by atoms with van der Waals surface area (Å²) in [6.07, 6.45) is 4.75. The molecule has 8 heteroatoms. The lowest BCUT2D eigenvalue weighted by Gasteiger charge is -2.19. The van der Waals surface area contributed by atoms with Gasteiger partial charge in [0.2, 0.25) is 0 Å². The van der Waals surface area contributed by atoms with Gasteiger partial charge in [-0.1, -0.05) is 18.2 Å². The number of aromatic hydroxyl groups is 1. The molecule has 1 aromatic heterocycles. The topological polar surface area (TPSA) is 107 Å². The van der Waals surface area contributed by atoms with Crippen LogP contribution in [0.15, 0.2) is 47.4 Å². The number of aromatic amines is 1. The molecule has 0 spiro atoms. The molecule has 7 nitrogen and oxygen atoms in total. The van der Waals surface area contributed by atoms with E-state index >= 15 is 0 Å². The minimum absolute atomic E-state index is 0.0795. The van der Waals surface area contributed by atoms with Crippen LogP contribution in [0.3, 0.4) is 0 Å². The van der Waals surface area contributed by atoms with Gasteiger partial charge < -0.3 is 20.7 Å². The van der Waals surface area contributed by atoms with Crippen LogP contribution in [0.5, 0.6) is 5.75 Å². The summed E-state index contributed by atoms with van der Waals surface area (Å²) in [6, 6.07) is 9.96. The van der Waals surface area contributed by atoms with Crippen LogP contribution in [0.1, 0.15) is 47.2 Å². The minimum Gasteiger partial charge on any atom is -0.508 e. The first-order chi connectivity index (χ1) is 15.4. The van der Waals surface area contributed by atoms with E-state index in [1.165, 1.54) is 12.3 Å². The second-order valence-electron chi connectivity index (χ2n) is 8.57. The number of phenolic OH excluding ortho intramolecular Hbond substituents is 1. The zero-order valence-electron chi connectivity index (χ0n) is 17.5. The number of rotatable bonds is 6. The Labute approximate surface area is 183 Å². The molecule has 0 bridgehead atoms. The molecule has 164 valence electrons. The quantitative estimate of drug-likeness (QED) is 0.474. The van der Waals surface area contributed by atoms with Gasteiger partial charge >= 0.3 is 0 Å². The van der Waals surface area contributed by atoms with E-state index in [9.17, 15) is 19.1 Å². The van der Waals surface area contributed by atoms with Crippen molar-refractivity contribution in [2.75, 3.05) is 5.32 Å². The molecule has 1 amide bonds. The fourth-order valence-corrected chi connectivity index (χ4v) is 3.89. The molecule has 0 radical (unpaired) electrons. The van der Waals surface area contributed by atoms with Gasteiger partial charge in [-0.05, 0) is 56.4 Å². The Morgan fingerprint density at radius 3 is 2.69 bits per heavy atom. The van der Waals surface area contributed by atoms with Gasteiger partial charge in [-0.15, -0.1) is 0 Å². The number of hydrogen-bond acceptors (Lipinski definition) is 5. The molecule has 0 unspecified atom stereocenters. The van der Waals surface area contributed by atoms with Gasteiger partial charge in [0.15, 0.2) is 5.82 Å². The number of para-hydroxylation sites is 1. The predicted octanol–water partition coefficient (Wildman–Crippen LogP) is 3.58. The Hall–Kier alpha value is -3.68. The fraction of sp³-hybridized carbons (Fsp3) is 0.292. The highest BCUT2D eigenvalue weighted by molar-refractivity contribution is 5.96. The molecule has 0 atom stereocenters. The van der Waals surface area contributed by atoms with E-state index in [4.69, 9.17) is 0 Å². The number of aromatic nitrogens is 2. The van der Waals surface area contributed by atoms with Crippen LogP contribution in [0.2, 0.25) is 0 Å². The number of nitrogens with one attached hydrogen (secondary N) is 3. The lowest BCUT2D eigenvalue weighted by atomic mass is 10.0. The molecular weight excluding hydrogens is 411 g/mol. The number of H-pyrrole nitrogens is 1. The van der Waals surface area contributed by atoms with Gasteiger partial charge in [-0.3, -0.25) is 9.59 Å². The monoisotopic (exact) mass is 434 g/mol. The molecule has 3 aromatic rings. The van der Waals surface area contributed by atoms with Crippen molar-refractivity contribution in [3.8, 4) is 17.0 Å². The summed E-state index contributed by atoms with van der Waals surface area (Å²) in [6.45, 7) is 1.61. The van der Waals surface area contributed by atoms with Crippen molar-refractivity contribution in [2.45, 2.75) is 44.2 Å². The molecular formula is C24H23FN4O3. The van der Waals surface area contributed by atoms with Gasteiger partial charge in [0, 0.05) is 28.9 Å². The molecule has 5 rings (SSSR count). The van der Waals surface area contributed by atoms with E-state index in [0.29, 0.717) is 22.4 Å². The van der Waals surface area contributed by atoms with Crippen LogP contribution in [0, 0.1) is 12.7 Å². The van der Waals surface area contributed by atoms with E-state index in [1.54, 1.807) is 25.1 Å². The van der Waals surface area contributed by atoms with Crippen LogP contribution >= 0.6 is 0 Å². The fourth-order valence-electron chi connectivity index (χ4n) is 3.89. The summed E-state index contributed by atoms with van der Waals surface area (Å²) in [5.74, 6) is -0.612. The number of anilines is 1. The van der Waals surface area contributed by atoms with Crippen molar-refractivity contribution in [2.24, 2.45) is 0 Å². The zero-order chi connectivity index (χ0) is 22.5. The summed E-state index contributed by atoms with van der Waals surface area (Å²) >= 11 is 0. The van der Waals surface area contributed by atoms with E-state index in [0.717, 1.165) is 25.7 Å². The minimum atomic E-state index is -0.573. The number of nitrogens with zero attached hydrogens (tertiary/aromatic N) is 1. The molecule has 32 heavy (non-hydrogen) atoms. The van der Waals surface area contributed by atoms with E-state index in [-0.39, 0.29) is 29.1 Å². The first-order valence-electron chi connectivity index (χ1n) is 10.6. The molecule has 2 aromatic carbocycles. The van der Waals surface area contributed by atoms with Gasteiger partial charge in [0.25, 0.3) is 11.5 Å². The van der Waals surface area contributed by atoms with Crippen LogP contribution in [-0.4, -0.2) is 27.0 Å². The van der Waals surface area contributed by atoms with Crippen molar-refractivity contribution in [3.05, 3.63) is 75.5 Å². The largest absolute Gasteiger partial charge is 0.508 e. The lowest BCUT2D eigenvalue weighted by molar-refractivity contribution is 0.0950. The number of halogens is 1. The predicted molar refractivity (Wildman–Crippen MR) is 118 cm³/mol. The Kier molecular flexibility index (Phi) is 4.73. The third-order valence-corrected chi connectivity index (χ3v) is 6.11. The molecule has 2 aliphatic rings. The Morgan fingerprint density at radius 1 is 1.25 bits per heavy atom. The maximum atomic E-state index is 14.6. The van der Waals surface area contributed by atoms with Crippen molar-refractivity contribution in [1.29, 1.82) is 0 Å². The molecule has 2 fully saturated rings. The summed E-state index contributed by atoms with van der Waals surface area (Å²) < 4.78 is 14.6. The van der Waals surface area contributed by atoms with Crippen molar-refractivity contribution < 1.29 is 14.3 Å². The first-order valence-corrected chi connectivity index (χ1v) is 10.6. The highest BCUT2D eigenvalue weighted by Gasteiger charge is 2.46. The number of benzene rings is 2. The molecule has 2 aliphatic carbocycles. The number of hydrogen-bond donors (Lipinski definition) is 4. The van der Waals surface area contributed by atoms with Crippen LogP contribution in [0.25, 0.3) is 11.3 Å². The second kappa shape index (κ2) is 7.47. The summed E-state index contributed by atoms with van der Waals surface area (Å²) in [5, 5.41) is 16.3. The molecule has 0 aliphatic heterocycles. The SMILES string of the molecule is Cc1c(F)cc(C(=O)NC2CC2)cc1-c1c[nH]c(=O)c(NC2(c3ccccc3O)CC2)n1. The number of carbonyl (C=O) groups is 1. The molecule has 0 saturated heterocycles. The van der Waals surface area contributed by atoms with Gasteiger partial charge in [0.1, 0.15) is 11.6 Å². The standard InChI is InChI=1S/C24H23FN4O3/c1-13-16(10-14(11-18(13)25)22(31)27-15-6-7-15)19-12-26-23(32)21(28-19)29-24(8-9-24)17-4-2-3-5-20(17)30/h2-5,10-12,15,30H,6-9H2,1H3,(H,26,32)(H,27,31)(H,28,29). The summed E-state index contributed by atoms with van der Waals surface area (Å²) in [4.78, 5) is 32.1. The van der Waals surface area contributed by atoms with Gasteiger partial charge in [0.05, 0.1) is 11.2 Å². The number of phenols is 1. The maximum Gasteiger partial charge on any atom is 0.290 e. The van der Waals surface area contributed by atoms with Crippen LogP contribution < -0.4 is 16.2 Å². The summed E-state index contributed by atoms with van der Waals surface area (Å²) in [7, 11) is 0. The Balaban J connectivity index is 1.50. The molecule has 4 N–H and O–H groups in total. The van der Waals surface area contributed by atoms with Crippen molar-refractivity contribution in [1.82, 2.24) is 15.3 Å². The highest BCUT2D eigenvalue weighted by atomic mass is 19.1. The highest BCUT2D eigenvalue weighted by Crippen LogP contribution is 2.50. The van der Waals surface area contributed by atoms with E-state index < -0.39 is 16.9 Å². The number of amides is 1. The summed E-state index contributed by atoms with van der Waals surface area (Å²) in [5.41, 5.74) is 1.03. The third-order valence-electron chi connectivity index (χ3n) is 6.11. The van der Waals surface area contributed by atoms with Crippen molar-refractivity contribution in [3.63, 3.8) is 0 Å². The van der Waals surface area contributed by atoms with Gasteiger partial charge in [-0.25, -0.2) is 9.37 Å². The first kappa shape index (κ1) is 20.2. The third kappa shape index (κ3) is 3.72. The zero-order valence-corrected chi connectivity index (χ0v) is 17.5. The average molecular weight is 434 g/mol. The van der Waals surface area contributed by atoms with E-state index in [2.05, 4.69) is 20.6 Å². The van der Waals surface area contributed by atoms with Gasteiger partial charge in [-0.2, -0.15) is 0 Å². The molecule has 1 heterocycles. The lowest BCUT2D eigenvalue weighted by Crippen LogP contribution is -2.26. The Morgan fingerprint density at radius 2 is 2.00 bits per heavy atom. The van der Waals surface area contributed by atoms with Crippen LogP contribution in [-0.2, 0) is 5.54 Å². The number of carbonyl (C=O) groups excluding carboxylic acids is 1.